The molecule has 1 heteroatoms. The summed E-state index contributed by atoms with van der Waals surface area (Å²) in [5.74, 6) is 0.606. The molecule has 0 amide bonds. The number of hydrogen-bond acceptors (Lipinski definition) is 1. The van der Waals surface area contributed by atoms with Crippen molar-refractivity contribution < 1.29 is 4.74 Å². The molecule has 10 heavy (non-hydrogen) atoms. The lowest BCUT2D eigenvalue weighted by molar-refractivity contribution is 0.169. The molecule has 0 aliphatic heterocycles. The fourth-order valence-electron chi connectivity index (χ4n) is 1.26. The molecule has 1 aliphatic carbocycles. The van der Waals surface area contributed by atoms with Gasteiger partial charge >= 0.3 is 0 Å². The largest absolute Gasteiger partial charge is 0.384 e. The second-order valence-electron chi connectivity index (χ2n) is 2.82. The normalized spacial score (nSPS) is 24.6. The van der Waals surface area contributed by atoms with E-state index in [4.69, 9.17) is 4.74 Å². The van der Waals surface area contributed by atoms with E-state index in [1.165, 1.54) is 5.57 Å². The van der Waals surface area contributed by atoms with Gasteiger partial charge in [-0.25, -0.2) is 0 Å². The molecule has 1 rings (SSSR count). The summed E-state index contributed by atoms with van der Waals surface area (Å²) in [6.45, 7) is 3.01. The predicted octanol–water partition coefficient (Wildman–Crippen LogP) is 2.16. The van der Waals surface area contributed by atoms with Gasteiger partial charge in [0.25, 0.3) is 0 Å². The molecular formula is C9H14O. The molecule has 0 spiro atoms. The summed E-state index contributed by atoms with van der Waals surface area (Å²) in [5.41, 5.74) is 1.45. The van der Waals surface area contributed by atoms with Gasteiger partial charge in [0.2, 0.25) is 0 Å². The number of methoxy groups -OCH3 is 1. The Morgan fingerprint density at radius 1 is 1.70 bits per heavy atom. The van der Waals surface area contributed by atoms with E-state index in [0.717, 1.165) is 13.0 Å². The quantitative estimate of drug-likeness (QED) is 0.568. The van der Waals surface area contributed by atoms with Crippen LogP contribution in [-0.4, -0.2) is 13.7 Å². The van der Waals surface area contributed by atoms with Crippen LogP contribution in [-0.2, 0) is 4.74 Å². The van der Waals surface area contributed by atoms with Gasteiger partial charge in [-0.2, -0.15) is 0 Å². The summed E-state index contributed by atoms with van der Waals surface area (Å²) < 4.78 is 5.05. The Balaban J connectivity index is 2.39. The molecule has 1 nitrogen and oxygen atoms in total. The number of ether oxygens (including phenoxy) is 1. The summed E-state index contributed by atoms with van der Waals surface area (Å²) in [5, 5.41) is 0. The Morgan fingerprint density at radius 3 is 3.10 bits per heavy atom. The molecule has 0 aromatic rings. The van der Waals surface area contributed by atoms with Crippen LogP contribution in [0.4, 0.5) is 0 Å². The summed E-state index contributed by atoms with van der Waals surface area (Å²) in [4.78, 5) is 0. The van der Waals surface area contributed by atoms with Crippen molar-refractivity contribution in [3.8, 4) is 0 Å². The zero-order chi connectivity index (χ0) is 7.40. The SMILES string of the molecule is COCC1C=CC=C(C)C1. The summed E-state index contributed by atoms with van der Waals surface area (Å²) in [7, 11) is 1.75. The topological polar surface area (TPSA) is 9.23 Å². The molecule has 1 unspecified atom stereocenters. The van der Waals surface area contributed by atoms with Crippen LogP contribution in [0.5, 0.6) is 0 Å². The molecule has 0 bridgehead atoms. The fraction of sp³-hybridized carbons (Fsp3) is 0.556. The van der Waals surface area contributed by atoms with Crippen molar-refractivity contribution in [1.82, 2.24) is 0 Å². The van der Waals surface area contributed by atoms with Crippen LogP contribution < -0.4 is 0 Å². The predicted molar refractivity (Wildman–Crippen MR) is 42.9 cm³/mol. The third-order valence-electron chi connectivity index (χ3n) is 1.73. The molecule has 0 heterocycles. The Bertz CT molecular complexity index is 156. The Morgan fingerprint density at radius 2 is 2.50 bits per heavy atom. The Kier molecular flexibility index (Phi) is 2.69. The molecule has 0 saturated heterocycles. The average Bonchev–Trinajstić information content (AvgIpc) is 1.88. The van der Waals surface area contributed by atoms with Crippen molar-refractivity contribution in [2.75, 3.05) is 13.7 Å². The molecular weight excluding hydrogens is 124 g/mol. The van der Waals surface area contributed by atoms with E-state index < -0.39 is 0 Å². The van der Waals surface area contributed by atoms with Crippen LogP contribution >= 0.6 is 0 Å². The lowest BCUT2D eigenvalue weighted by Gasteiger charge is -2.14. The van der Waals surface area contributed by atoms with Crippen LogP contribution in [0, 0.1) is 5.92 Å². The van der Waals surface area contributed by atoms with Crippen LogP contribution in [0.2, 0.25) is 0 Å². The lowest BCUT2D eigenvalue weighted by atomic mass is 9.96. The number of rotatable bonds is 2. The Labute approximate surface area is 62.4 Å². The van der Waals surface area contributed by atoms with E-state index in [9.17, 15) is 0 Å². The highest BCUT2D eigenvalue weighted by Gasteiger charge is 2.06. The van der Waals surface area contributed by atoms with Crippen molar-refractivity contribution in [2.24, 2.45) is 5.92 Å². The van der Waals surface area contributed by atoms with Gasteiger partial charge in [0.05, 0.1) is 6.61 Å². The number of allylic oxidation sites excluding steroid dienone is 3. The van der Waals surface area contributed by atoms with Crippen molar-refractivity contribution in [3.63, 3.8) is 0 Å². The van der Waals surface area contributed by atoms with Gasteiger partial charge in [-0.15, -0.1) is 0 Å². The van der Waals surface area contributed by atoms with Crippen LogP contribution in [0.15, 0.2) is 23.8 Å². The third kappa shape index (κ3) is 1.99. The van der Waals surface area contributed by atoms with Gasteiger partial charge in [-0.05, 0) is 13.3 Å². The standard InChI is InChI=1S/C9H14O/c1-8-4-3-5-9(6-8)7-10-2/h3-5,9H,6-7H2,1-2H3. The van der Waals surface area contributed by atoms with E-state index >= 15 is 0 Å². The molecule has 56 valence electrons. The van der Waals surface area contributed by atoms with Crippen LogP contribution in [0.3, 0.4) is 0 Å². The first kappa shape index (κ1) is 7.55. The van der Waals surface area contributed by atoms with Gasteiger partial charge in [0, 0.05) is 13.0 Å². The van der Waals surface area contributed by atoms with Gasteiger partial charge in [0.15, 0.2) is 0 Å². The summed E-state index contributed by atoms with van der Waals surface area (Å²) in [6, 6.07) is 0. The molecule has 1 atom stereocenters. The first-order valence-electron chi connectivity index (χ1n) is 3.66. The van der Waals surface area contributed by atoms with Gasteiger partial charge in [-0.3, -0.25) is 0 Å². The highest BCUT2D eigenvalue weighted by Crippen LogP contribution is 2.17. The zero-order valence-electron chi connectivity index (χ0n) is 6.63. The molecule has 0 fully saturated rings. The van der Waals surface area contributed by atoms with E-state index in [2.05, 4.69) is 25.2 Å². The molecule has 0 saturated carbocycles. The zero-order valence-corrected chi connectivity index (χ0v) is 6.63. The average molecular weight is 138 g/mol. The maximum absolute atomic E-state index is 5.05. The minimum Gasteiger partial charge on any atom is -0.384 e. The number of hydrogen-bond donors (Lipinski definition) is 0. The fourth-order valence-corrected chi connectivity index (χ4v) is 1.26. The smallest absolute Gasteiger partial charge is 0.0528 e. The van der Waals surface area contributed by atoms with Gasteiger partial charge in [-0.1, -0.05) is 23.8 Å². The minimum atomic E-state index is 0.606. The van der Waals surface area contributed by atoms with E-state index in [-0.39, 0.29) is 0 Å². The van der Waals surface area contributed by atoms with Crippen LogP contribution in [0.1, 0.15) is 13.3 Å². The van der Waals surface area contributed by atoms with Crippen molar-refractivity contribution >= 4 is 0 Å². The molecule has 0 radical (unpaired) electrons. The Hall–Kier alpha value is -0.560. The first-order chi connectivity index (χ1) is 4.83. The molecule has 1 aliphatic rings. The van der Waals surface area contributed by atoms with Crippen molar-refractivity contribution in [2.45, 2.75) is 13.3 Å². The molecule has 0 aromatic heterocycles. The summed E-state index contributed by atoms with van der Waals surface area (Å²) >= 11 is 0. The van der Waals surface area contributed by atoms with Gasteiger partial charge in [0.1, 0.15) is 0 Å². The summed E-state index contributed by atoms with van der Waals surface area (Å²) in [6.07, 6.45) is 7.63. The lowest BCUT2D eigenvalue weighted by Crippen LogP contribution is -2.07. The van der Waals surface area contributed by atoms with E-state index in [1.807, 2.05) is 0 Å². The highest BCUT2D eigenvalue weighted by molar-refractivity contribution is 5.17. The second-order valence-corrected chi connectivity index (χ2v) is 2.82. The monoisotopic (exact) mass is 138 g/mol. The van der Waals surface area contributed by atoms with E-state index in [1.54, 1.807) is 7.11 Å². The van der Waals surface area contributed by atoms with Crippen molar-refractivity contribution in [1.29, 1.82) is 0 Å². The molecule has 0 aromatic carbocycles. The molecule has 0 N–H and O–H groups in total. The van der Waals surface area contributed by atoms with Crippen LogP contribution in [0.25, 0.3) is 0 Å². The second kappa shape index (κ2) is 3.57. The highest BCUT2D eigenvalue weighted by atomic mass is 16.5. The maximum Gasteiger partial charge on any atom is 0.0528 e. The van der Waals surface area contributed by atoms with E-state index in [0.29, 0.717) is 5.92 Å². The maximum atomic E-state index is 5.05. The first-order valence-corrected chi connectivity index (χ1v) is 3.66. The third-order valence-corrected chi connectivity index (χ3v) is 1.73. The minimum absolute atomic E-state index is 0.606. The van der Waals surface area contributed by atoms with Crippen molar-refractivity contribution in [3.05, 3.63) is 23.8 Å². The van der Waals surface area contributed by atoms with Gasteiger partial charge < -0.3 is 4.74 Å².